The van der Waals surface area contributed by atoms with Crippen molar-refractivity contribution in [3.63, 3.8) is 0 Å². The lowest BCUT2D eigenvalue weighted by molar-refractivity contribution is 1.23. The van der Waals surface area contributed by atoms with Crippen LogP contribution in [0.15, 0.2) is 140 Å². The van der Waals surface area contributed by atoms with Crippen LogP contribution in [0.1, 0.15) is 1.37 Å². The zero-order chi connectivity index (χ0) is 26.2. The van der Waals surface area contributed by atoms with Gasteiger partial charge in [-0.05, 0) is 23.3 Å². The molecule has 7 rings (SSSR count). The van der Waals surface area contributed by atoms with Crippen LogP contribution in [0.4, 0.5) is 0 Å². The molecule has 0 fully saturated rings. The van der Waals surface area contributed by atoms with Crippen molar-refractivity contribution in [1.82, 2.24) is 15.0 Å². The predicted octanol–water partition coefficient (Wildman–Crippen LogP) is 8.85. The number of rotatable bonds is 4. The maximum atomic E-state index is 8.86. The molecule has 0 radical (unpaired) electrons. The summed E-state index contributed by atoms with van der Waals surface area (Å²) in [6, 6.07) is 45.1. The summed E-state index contributed by atoms with van der Waals surface area (Å²) < 4.78 is 8.86. The number of hydrogen-bond acceptors (Lipinski definition) is 3. The average Bonchev–Trinajstić information content (AvgIpc) is 3.02. The minimum atomic E-state index is 0.421. The van der Waals surface area contributed by atoms with Gasteiger partial charge in [0.1, 0.15) is 5.52 Å². The summed E-state index contributed by atoms with van der Waals surface area (Å²) >= 11 is 0. The van der Waals surface area contributed by atoms with Crippen LogP contribution < -0.4 is 0 Å². The van der Waals surface area contributed by atoms with Crippen LogP contribution in [0.5, 0.6) is 0 Å². The molecular formula is C35H23N3. The Labute approximate surface area is 222 Å². The zero-order valence-electron chi connectivity index (χ0n) is 21.5. The molecule has 0 saturated heterocycles. The molecule has 2 aromatic heterocycles. The molecule has 0 unspecified atom stereocenters. The highest BCUT2D eigenvalue weighted by Crippen LogP contribution is 2.34. The van der Waals surface area contributed by atoms with Crippen LogP contribution in [0.2, 0.25) is 0 Å². The molecule has 0 spiro atoms. The van der Waals surface area contributed by atoms with Gasteiger partial charge in [0, 0.05) is 27.5 Å². The monoisotopic (exact) mass is 486 g/mol. The quantitative estimate of drug-likeness (QED) is 0.233. The first kappa shape index (κ1) is 21.0. The first-order chi connectivity index (χ1) is 19.2. The molecule has 38 heavy (non-hydrogen) atoms. The Morgan fingerprint density at radius 1 is 0.421 bits per heavy atom. The fourth-order valence-corrected chi connectivity index (χ4v) is 4.85. The number of fused-ring (bicyclic) bond motifs is 3. The molecular weight excluding hydrogens is 462 g/mol. The number of aromatic nitrogens is 3. The second-order valence-electron chi connectivity index (χ2n) is 9.21. The first-order valence-electron chi connectivity index (χ1n) is 13.1. The third-order valence-electron chi connectivity index (χ3n) is 6.81. The van der Waals surface area contributed by atoms with Crippen molar-refractivity contribution in [3.8, 4) is 45.0 Å². The Kier molecular flexibility index (Phi) is 5.18. The lowest BCUT2D eigenvalue weighted by Crippen LogP contribution is -1.97. The molecule has 3 nitrogen and oxygen atoms in total. The standard InChI is InChI=1S/C35H23N3/c1-4-10-24(11-5-1)25-16-18-26(19-17-25)31-23-21-28-20-22-30-32(27-12-6-2-7-13-27)37-35(29-14-8-3-9-15-29)38-34(30)33(28)36-31/h1-23H/i21D. The molecule has 7 aromatic rings. The molecule has 3 heteroatoms. The van der Waals surface area contributed by atoms with Gasteiger partial charge in [0.05, 0.1) is 18.3 Å². The highest BCUT2D eigenvalue weighted by molar-refractivity contribution is 6.08. The van der Waals surface area contributed by atoms with Gasteiger partial charge < -0.3 is 0 Å². The Balaban J connectivity index is 1.45. The van der Waals surface area contributed by atoms with Crippen molar-refractivity contribution in [2.24, 2.45) is 0 Å². The fourth-order valence-electron chi connectivity index (χ4n) is 4.85. The third-order valence-corrected chi connectivity index (χ3v) is 6.81. The van der Waals surface area contributed by atoms with Gasteiger partial charge in [0.2, 0.25) is 0 Å². The summed E-state index contributed by atoms with van der Waals surface area (Å²) in [5.41, 5.74) is 8.28. The van der Waals surface area contributed by atoms with Crippen LogP contribution in [0, 0.1) is 0 Å². The van der Waals surface area contributed by atoms with E-state index in [0.29, 0.717) is 17.4 Å². The summed E-state index contributed by atoms with van der Waals surface area (Å²) in [5, 5.41) is 1.68. The molecule has 2 heterocycles. The van der Waals surface area contributed by atoms with Crippen molar-refractivity contribution in [3.05, 3.63) is 140 Å². The molecule has 5 aromatic carbocycles. The molecule has 0 aliphatic carbocycles. The van der Waals surface area contributed by atoms with Gasteiger partial charge in [-0.15, -0.1) is 0 Å². The Morgan fingerprint density at radius 2 is 1.00 bits per heavy atom. The van der Waals surface area contributed by atoms with Crippen molar-refractivity contribution in [2.45, 2.75) is 0 Å². The van der Waals surface area contributed by atoms with Gasteiger partial charge in [0.25, 0.3) is 0 Å². The van der Waals surface area contributed by atoms with Crippen LogP contribution >= 0.6 is 0 Å². The van der Waals surface area contributed by atoms with Gasteiger partial charge >= 0.3 is 0 Å². The van der Waals surface area contributed by atoms with E-state index in [0.717, 1.165) is 49.9 Å². The van der Waals surface area contributed by atoms with Crippen molar-refractivity contribution in [1.29, 1.82) is 0 Å². The van der Waals surface area contributed by atoms with Gasteiger partial charge in [-0.2, -0.15) is 0 Å². The minimum absolute atomic E-state index is 0.421. The lowest BCUT2D eigenvalue weighted by atomic mass is 10.0. The number of hydrogen-bond donors (Lipinski definition) is 0. The van der Waals surface area contributed by atoms with E-state index in [1.165, 1.54) is 5.56 Å². The van der Waals surface area contributed by atoms with Crippen LogP contribution in [-0.2, 0) is 0 Å². The van der Waals surface area contributed by atoms with E-state index >= 15 is 0 Å². The Hall–Kier alpha value is -5.15. The molecule has 0 bridgehead atoms. The second kappa shape index (κ2) is 9.38. The normalized spacial score (nSPS) is 11.5. The highest BCUT2D eigenvalue weighted by atomic mass is 14.9. The van der Waals surface area contributed by atoms with E-state index in [1.807, 2.05) is 84.9 Å². The highest BCUT2D eigenvalue weighted by Gasteiger charge is 2.15. The summed E-state index contributed by atoms with van der Waals surface area (Å²) in [7, 11) is 0. The largest absolute Gasteiger partial charge is 0.245 e. The maximum Gasteiger partial charge on any atom is 0.160 e. The maximum absolute atomic E-state index is 8.86. The summed E-state index contributed by atoms with van der Waals surface area (Å²) in [6.07, 6.45) is 0. The van der Waals surface area contributed by atoms with Gasteiger partial charge in [0.15, 0.2) is 5.82 Å². The molecule has 0 amide bonds. The van der Waals surface area contributed by atoms with Gasteiger partial charge in [-0.25, -0.2) is 15.0 Å². The number of pyridine rings is 1. The predicted molar refractivity (Wildman–Crippen MR) is 157 cm³/mol. The smallest absolute Gasteiger partial charge is 0.160 e. The van der Waals surface area contributed by atoms with E-state index in [9.17, 15) is 0 Å². The zero-order valence-corrected chi connectivity index (χ0v) is 20.5. The molecule has 0 aliphatic rings. The molecule has 178 valence electrons. The number of benzene rings is 5. The minimum Gasteiger partial charge on any atom is -0.245 e. The van der Waals surface area contributed by atoms with Crippen LogP contribution in [0.3, 0.4) is 0 Å². The van der Waals surface area contributed by atoms with Crippen LogP contribution in [-0.4, -0.2) is 15.0 Å². The van der Waals surface area contributed by atoms with Crippen molar-refractivity contribution < 1.29 is 1.37 Å². The Morgan fingerprint density at radius 3 is 1.68 bits per heavy atom. The lowest BCUT2D eigenvalue weighted by Gasteiger charge is -2.12. The second-order valence-corrected chi connectivity index (χ2v) is 9.21. The molecule has 0 atom stereocenters. The fraction of sp³-hybridized carbons (Fsp3) is 0. The van der Waals surface area contributed by atoms with E-state index in [1.54, 1.807) is 0 Å². The van der Waals surface area contributed by atoms with Crippen LogP contribution in [0.25, 0.3) is 66.8 Å². The van der Waals surface area contributed by atoms with E-state index in [4.69, 9.17) is 16.3 Å². The summed E-state index contributed by atoms with van der Waals surface area (Å²) in [4.78, 5) is 15.1. The van der Waals surface area contributed by atoms with Gasteiger partial charge in [-0.1, -0.05) is 127 Å². The van der Waals surface area contributed by atoms with Crippen molar-refractivity contribution in [2.75, 3.05) is 0 Å². The van der Waals surface area contributed by atoms with Gasteiger partial charge in [-0.3, -0.25) is 0 Å². The summed E-state index contributed by atoms with van der Waals surface area (Å²) in [5.74, 6) is 0.639. The van der Waals surface area contributed by atoms with E-state index < -0.39 is 0 Å². The molecule has 0 saturated carbocycles. The molecule has 0 aliphatic heterocycles. The number of nitrogens with zero attached hydrogens (tertiary/aromatic N) is 3. The first-order valence-corrected chi connectivity index (χ1v) is 12.6. The van der Waals surface area contributed by atoms with E-state index in [2.05, 4.69) is 48.5 Å². The summed E-state index contributed by atoms with van der Waals surface area (Å²) in [6.45, 7) is 0. The van der Waals surface area contributed by atoms with E-state index in [-0.39, 0.29) is 0 Å². The third kappa shape index (κ3) is 4.00. The average molecular weight is 487 g/mol. The SMILES string of the molecule is [2H]c1cc(-c2ccc(-c3ccccc3)cc2)nc2c1ccc1c(-c3ccccc3)nc(-c3ccccc3)nc12. The topological polar surface area (TPSA) is 38.7 Å². The Bertz CT molecular complexity index is 1940. The van der Waals surface area contributed by atoms with Crippen molar-refractivity contribution >= 4 is 21.8 Å². The molecule has 0 N–H and O–H groups in total.